The zero-order valence-electron chi connectivity index (χ0n) is 10.5. The lowest BCUT2D eigenvalue weighted by atomic mass is 10.2. The number of benzene rings is 1. The van der Waals surface area contributed by atoms with E-state index in [2.05, 4.69) is 10.3 Å². The zero-order valence-corrected chi connectivity index (χ0v) is 10.5. The van der Waals surface area contributed by atoms with Gasteiger partial charge in [-0.05, 0) is 37.3 Å². The normalized spacial score (nSPS) is 9.85. The van der Waals surface area contributed by atoms with Gasteiger partial charge in [-0.1, -0.05) is 0 Å². The van der Waals surface area contributed by atoms with Crippen molar-refractivity contribution in [3.63, 3.8) is 0 Å². The molecule has 2 rings (SSSR count). The molecule has 5 nitrogen and oxygen atoms in total. The Morgan fingerprint density at radius 2 is 2.15 bits per heavy atom. The van der Waals surface area contributed by atoms with E-state index in [-0.39, 0.29) is 16.9 Å². The van der Waals surface area contributed by atoms with Crippen LogP contribution in [0.4, 0.5) is 15.9 Å². The first-order chi connectivity index (χ1) is 9.49. The van der Waals surface area contributed by atoms with Gasteiger partial charge in [-0.2, -0.15) is 5.26 Å². The lowest BCUT2D eigenvalue weighted by molar-refractivity contribution is 0.0696. The van der Waals surface area contributed by atoms with E-state index in [9.17, 15) is 9.18 Å². The van der Waals surface area contributed by atoms with Crippen molar-refractivity contribution in [2.75, 3.05) is 5.32 Å². The van der Waals surface area contributed by atoms with Crippen molar-refractivity contribution in [2.24, 2.45) is 0 Å². The molecule has 2 aromatic rings. The van der Waals surface area contributed by atoms with Gasteiger partial charge in [0.15, 0.2) is 0 Å². The fourth-order valence-electron chi connectivity index (χ4n) is 1.71. The Hall–Kier alpha value is -2.94. The summed E-state index contributed by atoms with van der Waals surface area (Å²) in [5.41, 5.74) is 1.09. The van der Waals surface area contributed by atoms with Crippen molar-refractivity contribution in [2.45, 2.75) is 6.92 Å². The summed E-state index contributed by atoms with van der Waals surface area (Å²) in [6.07, 6.45) is 0. The molecule has 20 heavy (non-hydrogen) atoms. The predicted molar refractivity (Wildman–Crippen MR) is 70.3 cm³/mol. The van der Waals surface area contributed by atoms with Crippen LogP contribution in [-0.4, -0.2) is 16.1 Å². The molecule has 0 atom stereocenters. The number of aryl methyl sites for hydroxylation is 1. The van der Waals surface area contributed by atoms with E-state index < -0.39 is 11.8 Å². The van der Waals surface area contributed by atoms with Gasteiger partial charge >= 0.3 is 5.97 Å². The second-order valence-corrected chi connectivity index (χ2v) is 4.11. The van der Waals surface area contributed by atoms with Crippen LogP contribution in [0.15, 0.2) is 30.3 Å². The fourth-order valence-corrected chi connectivity index (χ4v) is 1.71. The molecule has 0 bridgehead atoms. The van der Waals surface area contributed by atoms with Crippen LogP contribution in [0, 0.1) is 24.1 Å². The number of pyridine rings is 1. The minimum absolute atomic E-state index is 0.0839. The van der Waals surface area contributed by atoms with E-state index in [1.54, 1.807) is 6.92 Å². The molecule has 0 spiro atoms. The lowest BCUT2D eigenvalue weighted by Crippen LogP contribution is -2.03. The summed E-state index contributed by atoms with van der Waals surface area (Å²) in [4.78, 5) is 15.1. The van der Waals surface area contributed by atoms with Crippen LogP contribution in [0.1, 0.15) is 21.6 Å². The smallest absolute Gasteiger partial charge is 0.335 e. The lowest BCUT2D eigenvalue weighted by Gasteiger charge is -2.09. The highest BCUT2D eigenvalue weighted by Crippen LogP contribution is 2.21. The average Bonchev–Trinajstić information content (AvgIpc) is 2.40. The van der Waals surface area contributed by atoms with Crippen LogP contribution in [0.25, 0.3) is 0 Å². The van der Waals surface area contributed by atoms with Crippen LogP contribution in [0.2, 0.25) is 0 Å². The number of halogens is 1. The molecule has 100 valence electrons. The number of nitrogens with zero attached hydrogens (tertiary/aromatic N) is 2. The number of carboxylic acid groups (broad SMARTS) is 1. The predicted octanol–water partition coefficient (Wildman–Crippen LogP) is 2.84. The minimum atomic E-state index is -1.07. The molecule has 1 heterocycles. The summed E-state index contributed by atoms with van der Waals surface area (Å²) >= 11 is 0. The maximum atomic E-state index is 13.0. The van der Waals surface area contributed by atoms with Gasteiger partial charge in [-0.25, -0.2) is 14.2 Å². The van der Waals surface area contributed by atoms with Crippen molar-refractivity contribution >= 4 is 17.5 Å². The van der Waals surface area contributed by atoms with Gasteiger partial charge in [0.25, 0.3) is 0 Å². The number of carboxylic acids is 1. The number of aromatic carboxylic acids is 1. The van der Waals surface area contributed by atoms with Crippen molar-refractivity contribution in [3.8, 4) is 6.07 Å². The number of hydrogen-bond donors (Lipinski definition) is 2. The van der Waals surface area contributed by atoms with Crippen molar-refractivity contribution in [3.05, 3.63) is 53.0 Å². The van der Waals surface area contributed by atoms with Crippen LogP contribution >= 0.6 is 0 Å². The second-order valence-electron chi connectivity index (χ2n) is 4.11. The Labute approximate surface area is 114 Å². The molecule has 0 aliphatic carbocycles. The molecule has 1 aromatic carbocycles. The third kappa shape index (κ3) is 2.90. The Morgan fingerprint density at radius 3 is 2.80 bits per heavy atom. The summed E-state index contributed by atoms with van der Waals surface area (Å²) in [5, 5.41) is 20.7. The third-order valence-corrected chi connectivity index (χ3v) is 2.57. The summed E-state index contributed by atoms with van der Waals surface area (Å²) in [7, 11) is 0. The number of nitrogens with one attached hydrogen (secondary N) is 1. The van der Waals surface area contributed by atoms with E-state index in [1.165, 1.54) is 24.3 Å². The van der Waals surface area contributed by atoms with Gasteiger partial charge in [-0.15, -0.1) is 0 Å². The van der Waals surface area contributed by atoms with Crippen LogP contribution < -0.4 is 5.32 Å². The van der Waals surface area contributed by atoms with E-state index >= 15 is 0 Å². The highest BCUT2D eigenvalue weighted by Gasteiger charge is 2.09. The molecule has 0 amide bonds. The van der Waals surface area contributed by atoms with Crippen LogP contribution in [0.3, 0.4) is 0 Å². The molecule has 0 saturated carbocycles. The number of hydrogen-bond acceptors (Lipinski definition) is 4. The van der Waals surface area contributed by atoms with Gasteiger partial charge in [-0.3, -0.25) is 0 Å². The van der Waals surface area contributed by atoms with E-state index in [1.807, 2.05) is 6.07 Å². The van der Waals surface area contributed by atoms with Gasteiger partial charge in [0.2, 0.25) is 0 Å². The largest absolute Gasteiger partial charge is 0.478 e. The topological polar surface area (TPSA) is 86.0 Å². The Balaban J connectivity index is 2.40. The fraction of sp³-hybridized carbons (Fsp3) is 0.0714. The van der Waals surface area contributed by atoms with Gasteiger partial charge in [0, 0.05) is 5.69 Å². The van der Waals surface area contributed by atoms with Crippen LogP contribution in [-0.2, 0) is 0 Å². The number of anilines is 2. The molecule has 2 N–H and O–H groups in total. The molecular weight excluding hydrogens is 261 g/mol. The summed E-state index contributed by atoms with van der Waals surface area (Å²) in [6, 6.07) is 8.34. The third-order valence-electron chi connectivity index (χ3n) is 2.57. The number of carbonyl (C=O) groups is 1. The SMILES string of the molecule is Cc1cc(C(=O)O)cc(Nc2ccc(F)cc2C#N)n1. The molecule has 0 aliphatic heterocycles. The molecule has 1 aromatic heterocycles. The Bertz CT molecular complexity index is 723. The van der Waals surface area contributed by atoms with Gasteiger partial charge in [0.05, 0.1) is 16.8 Å². The molecule has 0 aliphatic rings. The molecule has 0 fully saturated rings. The second kappa shape index (κ2) is 5.36. The molecular formula is C14H10FN3O2. The number of nitriles is 1. The first kappa shape index (κ1) is 13.5. The molecule has 0 saturated heterocycles. The number of aromatic nitrogens is 1. The quantitative estimate of drug-likeness (QED) is 0.896. The summed E-state index contributed by atoms with van der Waals surface area (Å²) < 4.78 is 13.0. The summed E-state index contributed by atoms with van der Waals surface area (Å²) in [5.74, 6) is -1.31. The molecule has 0 radical (unpaired) electrons. The van der Waals surface area contributed by atoms with Crippen molar-refractivity contribution in [1.29, 1.82) is 5.26 Å². The van der Waals surface area contributed by atoms with E-state index in [4.69, 9.17) is 10.4 Å². The Kier molecular flexibility index (Phi) is 3.62. The highest BCUT2D eigenvalue weighted by atomic mass is 19.1. The average molecular weight is 271 g/mol. The molecule has 0 unspecified atom stereocenters. The zero-order chi connectivity index (χ0) is 14.7. The standard InChI is InChI=1S/C14H10FN3O2/c1-8-4-9(14(19)20)6-13(17-8)18-12-3-2-11(15)5-10(12)7-16/h2-6H,1H3,(H,17,18)(H,19,20). The summed E-state index contributed by atoms with van der Waals surface area (Å²) in [6.45, 7) is 1.66. The minimum Gasteiger partial charge on any atom is -0.478 e. The Morgan fingerprint density at radius 1 is 1.40 bits per heavy atom. The highest BCUT2D eigenvalue weighted by molar-refractivity contribution is 5.89. The van der Waals surface area contributed by atoms with Crippen molar-refractivity contribution in [1.82, 2.24) is 4.98 Å². The first-order valence-electron chi connectivity index (χ1n) is 5.68. The van der Waals surface area contributed by atoms with Crippen molar-refractivity contribution < 1.29 is 14.3 Å². The number of rotatable bonds is 3. The monoisotopic (exact) mass is 271 g/mol. The maximum absolute atomic E-state index is 13.0. The van der Waals surface area contributed by atoms with Crippen LogP contribution in [0.5, 0.6) is 0 Å². The van der Waals surface area contributed by atoms with E-state index in [0.29, 0.717) is 11.4 Å². The van der Waals surface area contributed by atoms with E-state index in [0.717, 1.165) is 6.07 Å². The van der Waals surface area contributed by atoms with Gasteiger partial charge < -0.3 is 10.4 Å². The first-order valence-corrected chi connectivity index (χ1v) is 5.68. The van der Waals surface area contributed by atoms with Gasteiger partial charge in [0.1, 0.15) is 17.7 Å². The maximum Gasteiger partial charge on any atom is 0.335 e. The molecule has 6 heteroatoms.